The molecule has 0 aromatic carbocycles. The molecule has 1 heterocycles. The maximum absolute atomic E-state index is 4.43. The average Bonchev–Trinajstić information content (AvgIpc) is 2.68. The molecule has 2 heteroatoms. The first-order valence-electron chi connectivity index (χ1n) is 7.44. The van der Waals surface area contributed by atoms with Gasteiger partial charge in [-0.2, -0.15) is 0 Å². The SMILES string of the molecule is CC(N[C@H](C)C1CCCCCC1)c1ccccn1. The highest BCUT2D eigenvalue weighted by molar-refractivity contribution is 5.07. The van der Waals surface area contributed by atoms with E-state index in [0.717, 1.165) is 11.6 Å². The quantitative estimate of drug-likeness (QED) is 0.809. The minimum absolute atomic E-state index is 0.351. The number of aromatic nitrogens is 1. The summed E-state index contributed by atoms with van der Waals surface area (Å²) in [6.07, 6.45) is 10.3. The first kappa shape index (κ1) is 13.5. The van der Waals surface area contributed by atoms with Gasteiger partial charge in [-0.15, -0.1) is 0 Å². The van der Waals surface area contributed by atoms with Crippen LogP contribution in [0.3, 0.4) is 0 Å². The van der Waals surface area contributed by atoms with E-state index in [9.17, 15) is 0 Å². The van der Waals surface area contributed by atoms with E-state index in [4.69, 9.17) is 0 Å². The second-order valence-electron chi connectivity index (χ2n) is 5.68. The van der Waals surface area contributed by atoms with Crippen molar-refractivity contribution in [1.29, 1.82) is 0 Å². The zero-order valence-electron chi connectivity index (χ0n) is 11.7. The number of nitrogens with zero attached hydrogens (tertiary/aromatic N) is 1. The zero-order chi connectivity index (χ0) is 12.8. The van der Waals surface area contributed by atoms with Crippen LogP contribution < -0.4 is 5.32 Å². The molecule has 0 amide bonds. The van der Waals surface area contributed by atoms with Crippen LogP contribution in [0.25, 0.3) is 0 Å². The van der Waals surface area contributed by atoms with Gasteiger partial charge in [0, 0.05) is 18.3 Å². The van der Waals surface area contributed by atoms with Crippen molar-refractivity contribution in [1.82, 2.24) is 10.3 Å². The Morgan fingerprint density at radius 1 is 1.11 bits per heavy atom. The van der Waals surface area contributed by atoms with Crippen LogP contribution in [-0.4, -0.2) is 11.0 Å². The molecular weight excluding hydrogens is 220 g/mol. The van der Waals surface area contributed by atoms with Crippen molar-refractivity contribution < 1.29 is 0 Å². The maximum atomic E-state index is 4.43. The Morgan fingerprint density at radius 2 is 1.83 bits per heavy atom. The van der Waals surface area contributed by atoms with Gasteiger partial charge >= 0.3 is 0 Å². The minimum atomic E-state index is 0.351. The Bertz CT molecular complexity index is 328. The molecule has 1 aliphatic rings. The summed E-state index contributed by atoms with van der Waals surface area (Å²) < 4.78 is 0. The molecule has 1 saturated carbocycles. The van der Waals surface area contributed by atoms with Gasteiger partial charge in [0.1, 0.15) is 0 Å². The van der Waals surface area contributed by atoms with Crippen LogP contribution in [0.2, 0.25) is 0 Å². The van der Waals surface area contributed by atoms with Crippen molar-refractivity contribution in [3.05, 3.63) is 30.1 Å². The van der Waals surface area contributed by atoms with Gasteiger partial charge in [-0.25, -0.2) is 0 Å². The van der Waals surface area contributed by atoms with Crippen molar-refractivity contribution in [3.63, 3.8) is 0 Å². The van der Waals surface area contributed by atoms with Gasteiger partial charge in [0.05, 0.1) is 5.69 Å². The predicted molar refractivity (Wildman–Crippen MR) is 76.4 cm³/mol. The van der Waals surface area contributed by atoms with E-state index in [0.29, 0.717) is 12.1 Å². The highest BCUT2D eigenvalue weighted by Crippen LogP contribution is 2.26. The first-order chi connectivity index (χ1) is 8.77. The van der Waals surface area contributed by atoms with E-state index in [1.807, 2.05) is 12.3 Å². The molecule has 2 atom stereocenters. The second-order valence-corrected chi connectivity index (χ2v) is 5.68. The molecule has 0 aliphatic heterocycles. The summed E-state index contributed by atoms with van der Waals surface area (Å²) in [7, 11) is 0. The maximum Gasteiger partial charge on any atom is 0.0570 e. The molecular formula is C16H26N2. The third-order valence-corrected chi connectivity index (χ3v) is 4.25. The van der Waals surface area contributed by atoms with Crippen LogP contribution >= 0.6 is 0 Å². The highest BCUT2D eigenvalue weighted by Gasteiger charge is 2.20. The topological polar surface area (TPSA) is 24.9 Å². The van der Waals surface area contributed by atoms with Gasteiger partial charge in [-0.1, -0.05) is 31.7 Å². The van der Waals surface area contributed by atoms with Crippen molar-refractivity contribution in [2.45, 2.75) is 64.5 Å². The molecule has 100 valence electrons. The summed E-state index contributed by atoms with van der Waals surface area (Å²) in [4.78, 5) is 4.43. The van der Waals surface area contributed by atoms with Crippen molar-refractivity contribution in [3.8, 4) is 0 Å². The summed E-state index contributed by atoms with van der Waals surface area (Å²) in [5.74, 6) is 0.846. The minimum Gasteiger partial charge on any atom is -0.306 e. The molecule has 18 heavy (non-hydrogen) atoms. The van der Waals surface area contributed by atoms with Crippen molar-refractivity contribution in [2.75, 3.05) is 0 Å². The Balaban J connectivity index is 1.88. The van der Waals surface area contributed by atoms with Crippen LogP contribution in [0.1, 0.15) is 64.1 Å². The third kappa shape index (κ3) is 3.81. The normalized spacial score (nSPS) is 21.2. The molecule has 1 aliphatic carbocycles. The lowest BCUT2D eigenvalue weighted by molar-refractivity contribution is 0.314. The van der Waals surface area contributed by atoms with Crippen LogP contribution in [0, 0.1) is 5.92 Å². The Morgan fingerprint density at radius 3 is 2.44 bits per heavy atom. The van der Waals surface area contributed by atoms with E-state index in [1.165, 1.54) is 38.5 Å². The molecule has 2 nitrogen and oxygen atoms in total. The van der Waals surface area contributed by atoms with E-state index >= 15 is 0 Å². The molecule has 1 unspecified atom stereocenters. The lowest BCUT2D eigenvalue weighted by Gasteiger charge is -2.27. The highest BCUT2D eigenvalue weighted by atomic mass is 15.0. The summed E-state index contributed by atoms with van der Waals surface area (Å²) in [5.41, 5.74) is 1.15. The van der Waals surface area contributed by atoms with Crippen LogP contribution in [0.4, 0.5) is 0 Å². The molecule has 1 aromatic heterocycles. The largest absolute Gasteiger partial charge is 0.306 e. The van der Waals surface area contributed by atoms with E-state index in [2.05, 4.69) is 36.3 Å². The van der Waals surface area contributed by atoms with Crippen molar-refractivity contribution in [2.24, 2.45) is 5.92 Å². The van der Waals surface area contributed by atoms with E-state index in [-0.39, 0.29) is 0 Å². The monoisotopic (exact) mass is 246 g/mol. The summed E-state index contributed by atoms with van der Waals surface area (Å²) >= 11 is 0. The van der Waals surface area contributed by atoms with E-state index < -0.39 is 0 Å². The van der Waals surface area contributed by atoms with Crippen LogP contribution in [0.15, 0.2) is 24.4 Å². The Labute approximate surface area is 111 Å². The molecule has 0 bridgehead atoms. The molecule has 1 aromatic rings. The number of nitrogens with one attached hydrogen (secondary N) is 1. The molecule has 1 N–H and O–H groups in total. The molecule has 0 spiro atoms. The Hall–Kier alpha value is -0.890. The number of pyridine rings is 1. The fourth-order valence-electron chi connectivity index (χ4n) is 3.06. The molecule has 0 radical (unpaired) electrons. The molecule has 0 saturated heterocycles. The van der Waals surface area contributed by atoms with Gasteiger partial charge in [-0.05, 0) is 44.7 Å². The van der Waals surface area contributed by atoms with Crippen LogP contribution in [0.5, 0.6) is 0 Å². The van der Waals surface area contributed by atoms with Crippen LogP contribution in [-0.2, 0) is 0 Å². The third-order valence-electron chi connectivity index (χ3n) is 4.25. The fraction of sp³-hybridized carbons (Fsp3) is 0.688. The van der Waals surface area contributed by atoms with Gasteiger partial charge in [0.25, 0.3) is 0 Å². The summed E-state index contributed by atoms with van der Waals surface area (Å²) in [6, 6.07) is 7.10. The number of hydrogen-bond donors (Lipinski definition) is 1. The molecule has 1 fully saturated rings. The van der Waals surface area contributed by atoms with Gasteiger partial charge in [0.2, 0.25) is 0 Å². The number of rotatable bonds is 4. The zero-order valence-corrected chi connectivity index (χ0v) is 11.7. The molecule has 2 rings (SSSR count). The lowest BCUT2D eigenvalue weighted by atomic mass is 9.92. The predicted octanol–water partition coefficient (Wildman–Crippen LogP) is 4.09. The van der Waals surface area contributed by atoms with Crippen molar-refractivity contribution >= 4 is 0 Å². The lowest BCUT2D eigenvalue weighted by Crippen LogP contribution is -2.35. The second kappa shape index (κ2) is 6.89. The first-order valence-corrected chi connectivity index (χ1v) is 7.44. The average molecular weight is 246 g/mol. The van der Waals surface area contributed by atoms with Gasteiger partial charge in [-0.3, -0.25) is 4.98 Å². The smallest absolute Gasteiger partial charge is 0.0570 e. The Kier molecular flexibility index (Phi) is 5.18. The summed E-state index contributed by atoms with van der Waals surface area (Å²) in [5, 5.41) is 3.73. The van der Waals surface area contributed by atoms with Gasteiger partial charge in [0.15, 0.2) is 0 Å². The van der Waals surface area contributed by atoms with Gasteiger partial charge < -0.3 is 5.32 Å². The fourth-order valence-corrected chi connectivity index (χ4v) is 3.06. The standard InChI is InChI=1S/C16H26N2/c1-13(15-9-5-3-4-6-10-15)18-14(2)16-11-7-8-12-17-16/h7-8,11-15,18H,3-6,9-10H2,1-2H3/t13-,14?/m1/s1. The van der Waals surface area contributed by atoms with E-state index in [1.54, 1.807) is 0 Å². The summed E-state index contributed by atoms with van der Waals surface area (Å²) in [6.45, 7) is 4.56. The number of hydrogen-bond acceptors (Lipinski definition) is 2.